The van der Waals surface area contributed by atoms with E-state index in [1.165, 1.54) is 22.6 Å². The maximum absolute atomic E-state index is 12.4. The highest BCUT2D eigenvalue weighted by molar-refractivity contribution is 14.1. The summed E-state index contributed by atoms with van der Waals surface area (Å²) in [5, 5.41) is 19.3. The lowest BCUT2D eigenvalue weighted by molar-refractivity contribution is -0.390. The highest BCUT2D eigenvalue weighted by Crippen LogP contribution is 2.30. The molecule has 0 aromatic carbocycles. The van der Waals surface area contributed by atoms with Crippen LogP contribution >= 0.6 is 22.6 Å². The Hall–Kier alpha value is -0.900. The van der Waals surface area contributed by atoms with Crippen LogP contribution in [-0.2, 0) is 6.61 Å². The summed E-state index contributed by atoms with van der Waals surface area (Å²) in [6.45, 7) is -0.692. The average Bonchev–Trinajstić information content (AvgIpc) is 2.16. The summed E-state index contributed by atoms with van der Waals surface area (Å²) < 4.78 is 24.7. The van der Waals surface area contributed by atoms with Gasteiger partial charge in [0, 0.05) is 3.57 Å². The molecule has 0 radical (unpaired) electrons. The third kappa shape index (κ3) is 2.37. The Balaban J connectivity index is 3.39. The molecule has 15 heavy (non-hydrogen) atoms. The van der Waals surface area contributed by atoms with Gasteiger partial charge < -0.3 is 15.2 Å². The van der Waals surface area contributed by atoms with Crippen molar-refractivity contribution in [1.82, 2.24) is 4.98 Å². The molecule has 0 atom stereocenters. The Morgan fingerprint density at radius 2 is 2.27 bits per heavy atom. The minimum absolute atomic E-state index is 0.0215. The number of aliphatic hydroxyl groups excluding tert-OH is 1. The first-order valence-electron chi connectivity index (χ1n) is 3.69. The topological polar surface area (TPSA) is 76.3 Å². The molecular weight excluding hydrogens is 325 g/mol. The van der Waals surface area contributed by atoms with Crippen LogP contribution in [0.2, 0.25) is 0 Å². The number of alkyl halides is 2. The van der Waals surface area contributed by atoms with Crippen molar-refractivity contribution in [2.45, 2.75) is 13.0 Å². The van der Waals surface area contributed by atoms with Gasteiger partial charge in [-0.1, -0.05) is 0 Å². The van der Waals surface area contributed by atoms with E-state index >= 15 is 0 Å². The monoisotopic (exact) mass is 330 g/mol. The summed E-state index contributed by atoms with van der Waals surface area (Å²) in [5.74, 6) is -0.591. The molecule has 1 rings (SSSR count). The smallest absolute Gasteiger partial charge is 0.370 e. The van der Waals surface area contributed by atoms with Crippen LogP contribution in [0.15, 0.2) is 6.20 Å². The molecule has 0 saturated carbocycles. The fourth-order valence-electron chi connectivity index (χ4n) is 0.987. The second kappa shape index (κ2) is 4.75. The van der Waals surface area contributed by atoms with Crippen molar-refractivity contribution < 1.29 is 18.8 Å². The standard InChI is InChI=1S/C7H5F2IN2O3/c8-6(9)3-1-11-7(12(14)15)4(2-13)5(3)10/h1,6,13H,2H2. The predicted octanol–water partition coefficient (Wildman–Crippen LogP) is 2.02. The molecule has 8 heteroatoms. The average molecular weight is 330 g/mol. The van der Waals surface area contributed by atoms with Crippen LogP contribution in [0.4, 0.5) is 14.6 Å². The van der Waals surface area contributed by atoms with E-state index in [4.69, 9.17) is 5.11 Å². The van der Waals surface area contributed by atoms with Gasteiger partial charge in [-0.2, -0.15) is 0 Å². The highest BCUT2D eigenvalue weighted by atomic mass is 127. The maximum atomic E-state index is 12.4. The zero-order valence-corrected chi connectivity index (χ0v) is 9.31. The van der Waals surface area contributed by atoms with E-state index < -0.39 is 29.3 Å². The van der Waals surface area contributed by atoms with Crippen molar-refractivity contribution in [3.05, 3.63) is 31.0 Å². The predicted molar refractivity (Wildman–Crippen MR) is 54.5 cm³/mol. The van der Waals surface area contributed by atoms with Crippen LogP contribution in [0, 0.1) is 13.7 Å². The lowest BCUT2D eigenvalue weighted by Crippen LogP contribution is -2.04. The van der Waals surface area contributed by atoms with E-state index in [1.807, 2.05) is 0 Å². The molecule has 1 aromatic heterocycles. The van der Waals surface area contributed by atoms with Crippen molar-refractivity contribution in [3.8, 4) is 0 Å². The molecule has 0 bridgehead atoms. The first-order chi connectivity index (χ1) is 6.99. The van der Waals surface area contributed by atoms with Gasteiger partial charge in [0.05, 0.1) is 17.7 Å². The van der Waals surface area contributed by atoms with Crippen LogP contribution in [0.25, 0.3) is 0 Å². The van der Waals surface area contributed by atoms with Gasteiger partial charge in [0.25, 0.3) is 6.43 Å². The molecule has 0 saturated heterocycles. The summed E-state index contributed by atoms with van der Waals surface area (Å²) in [6.07, 6.45) is -2.01. The maximum Gasteiger partial charge on any atom is 0.370 e. The van der Waals surface area contributed by atoms with Gasteiger partial charge >= 0.3 is 5.82 Å². The fraction of sp³-hybridized carbons (Fsp3) is 0.286. The van der Waals surface area contributed by atoms with Gasteiger partial charge in [0.15, 0.2) is 0 Å². The number of hydrogen-bond acceptors (Lipinski definition) is 4. The molecule has 1 heterocycles. The zero-order chi connectivity index (χ0) is 11.6. The zero-order valence-electron chi connectivity index (χ0n) is 7.15. The summed E-state index contributed by atoms with van der Waals surface area (Å²) in [5.41, 5.74) is -0.594. The van der Waals surface area contributed by atoms with E-state index in [9.17, 15) is 18.9 Å². The molecular formula is C7H5F2IN2O3. The molecule has 0 spiro atoms. The van der Waals surface area contributed by atoms with Gasteiger partial charge in [0.1, 0.15) is 6.20 Å². The molecule has 0 fully saturated rings. The molecule has 82 valence electrons. The van der Waals surface area contributed by atoms with Crippen LogP contribution in [0.3, 0.4) is 0 Å². The summed E-state index contributed by atoms with van der Waals surface area (Å²) in [6, 6.07) is 0. The number of rotatable bonds is 3. The number of aromatic nitrogens is 1. The molecule has 0 amide bonds. The van der Waals surface area contributed by atoms with Crippen LogP contribution in [-0.4, -0.2) is 15.0 Å². The fourth-order valence-corrected chi connectivity index (χ4v) is 1.77. The van der Waals surface area contributed by atoms with Gasteiger partial charge in [0.2, 0.25) is 0 Å². The van der Waals surface area contributed by atoms with E-state index in [0.717, 1.165) is 6.20 Å². The number of halogens is 3. The van der Waals surface area contributed by atoms with Gasteiger partial charge in [-0.25, -0.2) is 8.78 Å². The van der Waals surface area contributed by atoms with Crippen molar-refractivity contribution in [2.24, 2.45) is 0 Å². The van der Waals surface area contributed by atoms with Gasteiger partial charge in [-0.3, -0.25) is 0 Å². The van der Waals surface area contributed by atoms with Crippen LogP contribution < -0.4 is 0 Å². The minimum atomic E-state index is -2.77. The third-order valence-electron chi connectivity index (χ3n) is 1.68. The molecule has 0 unspecified atom stereocenters. The van der Waals surface area contributed by atoms with E-state index in [0.29, 0.717) is 0 Å². The van der Waals surface area contributed by atoms with E-state index in [-0.39, 0.29) is 9.13 Å². The van der Waals surface area contributed by atoms with Crippen molar-refractivity contribution >= 4 is 28.4 Å². The lowest BCUT2D eigenvalue weighted by atomic mass is 10.2. The minimum Gasteiger partial charge on any atom is -0.391 e. The Morgan fingerprint density at radius 3 is 2.67 bits per heavy atom. The van der Waals surface area contributed by atoms with Crippen LogP contribution in [0.5, 0.6) is 0 Å². The van der Waals surface area contributed by atoms with Gasteiger partial charge in [-0.15, -0.1) is 0 Å². The number of nitrogens with zero attached hydrogens (tertiary/aromatic N) is 2. The summed E-state index contributed by atoms with van der Waals surface area (Å²) in [7, 11) is 0. The molecule has 1 aromatic rings. The Kier molecular flexibility index (Phi) is 3.85. The first kappa shape index (κ1) is 12.2. The van der Waals surface area contributed by atoms with Crippen LogP contribution in [0.1, 0.15) is 17.6 Å². The van der Waals surface area contributed by atoms with E-state index in [1.54, 1.807) is 0 Å². The van der Waals surface area contributed by atoms with Crippen molar-refractivity contribution in [1.29, 1.82) is 0 Å². The molecule has 1 N–H and O–H groups in total. The molecule has 0 aliphatic rings. The summed E-state index contributed by atoms with van der Waals surface area (Å²) in [4.78, 5) is 12.9. The second-order valence-electron chi connectivity index (χ2n) is 2.55. The largest absolute Gasteiger partial charge is 0.391 e. The molecule has 0 aliphatic carbocycles. The van der Waals surface area contributed by atoms with Crippen molar-refractivity contribution in [3.63, 3.8) is 0 Å². The summed E-state index contributed by atoms with van der Waals surface area (Å²) >= 11 is 1.53. The van der Waals surface area contributed by atoms with E-state index in [2.05, 4.69) is 4.98 Å². The number of pyridine rings is 1. The Labute approximate surface area is 96.4 Å². The number of aliphatic hydroxyl groups is 1. The highest BCUT2D eigenvalue weighted by Gasteiger charge is 2.24. The number of nitro groups is 1. The normalized spacial score (nSPS) is 10.7. The molecule has 5 nitrogen and oxygen atoms in total. The lowest BCUT2D eigenvalue weighted by Gasteiger charge is -2.05. The number of hydrogen-bond donors (Lipinski definition) is 1. The quantitative estimate of drug-likeness (QED) is 0.523. The first-order valence-corrected chi connectivity index (χ1v) is 4.77. The SMILES string of the molecule is O=[N+]([O-])c1ncc(C(F)F)c(I)c1CO. The van der Waals surface area contributed by atoms with Crippen molar-refractivity contribution in [2.75, 3.05) is 0 Å². The Bertz CT molecular complexity index is 400. The van der Waals surface area contributed by atoms with Gasteiger partial charge in [-0.05, 0) is 32.5 Å². The molecule has 0 aliphatic heterocycles. The Morgan fingerprint density at radius 1 is 1.67 bits per heavy atom. The third-order valence-corrected chi connectivity index (χ3v) is 2.95. The second-order valence-corrected chi connectivity index (χ2v) is 3.62.